The molecule has 2 aromatic rings. The number of hydrogen-bond acceptors (Lipinski definition) is 4. The van der Waals surface area contributed by atoms with Gasteiger partial charge in [0, 0.05) is 37.3 Å². The molecule has 0 bridgehead atoms. The maximum absolute atomic E-state index is 12.2. The zero-order valence-electron chi connectivity index (χ0n) is 12.2. The van der Waals surface area contributed by atoms with Crippen LogP contribution in [0.25, 0.3) is 5.52 Å². The Bertz CT molecular complexity index is 743. The molecule has 2 aliphatic rings. The molecule has 0 radical (unpaired) electrons. The summed E-state index contributed by atoms with van der Waals surface area (Å²) in [5.41, 5.74) is 6.77. The minimum Gasteiger partial charge on any atom is -0.382 e. The van der Waals surface area contributed by atoms with E-state index in [0.29, 0.717) is 24.2 Å². The summed E-state index contributed by atoms with van der Waals surface area (Å²) in [6.07, 6.45) is 8.56. The normalized spacial score (nSPS) is 25.5. The number of carbonyl (C=O) groups is 1. The Hall–Kier alpha value is -1.63. The highest BCUT2D eigenvalue weighted by molar-refractivity contribution is 9.10. The van der Waals surface area contributed by atoms with Crippen molar-refractivity contribution in [1.29, 1.82) is 0 Å². The average Bonchev–Trinajstić information content (AvgIpc) is 2.86. The number of halogens is 1. The molecule has 4 heterocycles. The van der Waals surface area contributed by atoms with Crippen molar-refractivity contribution >= 4 is 33.2 Å². The molecule has 0 unspecified atom stereocenters. The fourth-order valence-corrected chi connectivity index (χ4v) is 4.38. The summed E-state index contributed by atoms with van der Waals surface area (Å²) in [5.74, 6) is 1.98. The molecule has 0 spiro atoms. The fourth-order valence-electron chi connectivity index (χ4n) is 3.81. The number of amides is 1. The van der Waals surface area contributed by atoms with E-state index in [9.17, 15) is 4.79 Å². The Morgan fingerprint density at radius 3 is 3.05 bits per heavy atom. The Kier molecular flexibility index (Phi) is 3.32. The molecule has 0 saturated carbocycles. The third kappa shape index (κ3) is 2.10. The number of piperidine rings is 2. The smallest absolute Gasteiger partial charge is 0.222 e. The summed E-state index contributed by atoms with van der Waals surface area (Å²) in [5, 5.41) is 0. The first-order valence-corrected chi connectivity index (χ1v) is 8.52. The number of nitrogen functional groups attached to an aromatic ring is 1. The van der Waals surface area contributed by atoms with Gasteiger partial charge in [0.05, 0.1) is 0 Å². The van der Waals surface area contributed by atoms with Gasteiger partial charge < -0.3 is 10.6 Å². The van der Waals surface area contributed by atoms with Crippen LogP contribution < -0.4 is 5.73 Å². The monoisotopic (exact) mass is 363 g/mol. The molecule has 2 atom stereocenters. The van der Waals surface area contributed by atoms with Gasteiger partial charge in [-0.15, -0.1) is 0 Å². The van der Waals surface area contributed by atoms with Gasteiger partial charge in [-0.25, -0.2) is 9.97 Å². The molecule has 6 nitrogen and oxygen atoms in total. The van der Waals surface area contributed by atoms with Crippen molar-refractivity contribution in [2.24, 2.45) is 0 Å². The number of anilines is 1. The molecule has 4 rings (SSSR count). The van der Waals surface area contributed by atoms with Crippen LogP contribution in [0.15, 0.2) is 17.0 Å². The fraction of sp³-hybridized carbons (Fsp3) is 0.533. The van der Waals surface area contributed by atoms with Crippen molar-refractivity contribution in [3.05, 3.63) is 22.8 Å². The number of hydrogen-bond donors (Lipinski definition) is 1. The summed E-state index contributed by atoms with van der Waals surface area (Å²) in [6, 6.07) is 0.430. The van der Waals surface area contributed by atoms with E-state index in [0.717, 1.165) is 48.2 Å². The molecular weight excluding hydrogens is 346 g/mol. The summed E-state index contributed by atoms with van der Waals surface area (Å²) in [7, 11) is 0. The van der Waals surface area contributed by atoms with Crippen molar-refractivity contribution in [2.45, 2.75) is 44.1 Å². The minimum absolute atomic E-state index is 0.249. The maximum Gasteiger partial charge on any atom is 0.222 e. The second kappa shape index (κ2) is 5.22. The lowest BCUT2D eigenvalue weighted by Crippen LogP contribution is -2.48. The predicted molar refractivity (Wildman–Crippen MR) is 86.4 cm³/mol. The average molecular weight is 364 g/mol. The second-order valence-electron chi connectivity index (χ2n) is 6.16. The minimum atomic E-state index is 0.249. The van der Waals surface area contributed by atoms with Crippen LogP contribution in [0, 0.1) is 0 Å². The van der Waals surface area contributed by atoms with Gasteiger partial charge in [-0.1, -0.05) is 0 Å². The molecule has 22 heavy (non-hydrogen) atoms. The number of carbonyl (C=O) groups excluding carboxylic acids is 1. The molecule has 2 aromatic heterocycles. The number of rotatable bonds is 1. The molecule has 2 N–H and O–H groups in total. The molecule has 2 saturated heterocycles. The van der Waals surface area contributed by atoms with Crippen molar-refractivity contribution in [1.82, 2.24) is 19.3 Å². The van der Waals surface area contributed by atoms with Gasteiger partial charge in [-0.2, -0.15) is 0 Å². The molecule has 2 fully saturated rings. The van der Waals surface area contributed by atoms with E-state index in [1.165, 1.54) is 0 Å². The van der Waals surface area contributed by atoms with E-state index in [2.05, 4.69) is 30.8 Å². The summed E-state index contributed by atoms with van der Waals surface area (Å²) in [4.78, 5) is 23.0. The van der Waals surface area contributed by atoms with Crippen LogP contribution in [0.3, 0.4) is 0 Å². The Morgan fingerprint density at radius 2 is 2.18 bits per heavy atom. The summed E-state index contributed by atoms with van der Waals surface area (Å²) >= 11 is 3.48. The van der Waals surface area contributed by atoms with Gasteiger partial charge >= 0.3 is 0 Å². The number of nitrogens with zero attached hydrogens (tertiary/aromatic N) is 4. The van der Waals surface area contributed by atoms with Crippen LogP contribution in [0.4, 0.5) is 5.82 Å². The van der Waals surface area contributed by atoms with Crippen LogP contribution in [-0.2, 0) is 4.79 Å². The largest absolute Gasteiger partial charge is 0.382 e. The van der Waals surface area contributed by atoms with E-state index in [1.807, 2.05) is 10.6 Å². The van der Waals surface area contributed by atoms with Crippen molar-refractivity contribution in [3.8, 4) is 0 Å². The molecule has 1 amide bonds. The van der Waals surface area contributed by atoms with Gasteiger partial charge in [0.15, 0.2) is 5.82 Å². The van der Waals surface area contributed by atoms with Gasteiger partial charge in [0.1, 0.15) is 15.9 Å². The Balaban J connectivity index is 1.71. The zero-order chi connectivity index (χ0) is 15.3. The Morgan fingerprint density at radius 1 is 1.32 bits per heavy atom. The number of nitrogens with two attached hydrogens (primary N) is 1. The lowest BCUT2D eigenvalue weighted by molar-refractivity contribution is -0.138. The number of aromatic nitrogens is 3. The number of fused-ring (bicyclic) bond motifs is 2. The lowest BCUT2D eigenvalue weighted by atomic mass is 9.87. The highest BCUT2D eigenvalue weighted by atomic mass is 79.9. The van der Waals surface area contributed by atoms with E-state index < -0.39 is 0 Å². The maximum atomic E-state index is 12.2. The number of imidazole rings is 1. The standard InChI is InChI=1S/C15H18BrN5O/c16-13-12-14(17)18-6-7-20(12)15(19-13)9-4-5-10-2-1-3-11(22)21(10)8-9/h6-7,9-10H,1-5,8H2,(H2,17,18)/t9-,10+/m1/s1. The van der Waals surface area contributed by atoms with E-state index in [-0.39, 0.29) is 5.92 Å². The molecule has 7 heteroatoms. The predicted octanol–water partition coefficient (Wildman–Crippen LogP) is 2.33. The van der Waals surface area contributed by atoms with Crippen LogP contribution in [0.5, 0.6) is 0 Å². The third-order valence-electron chi connectivity index (χ3n) is 4.89. The quantitative estimate of drug-likeness (QED) is 0.843. The highest BCUT2D eigenvalue weighted by Crippen LogP contribution is 2.36. The second-order valence-corrected chi connectivity index (χ2v) is 6.91. The first-order valence-electron chi connectivity index (χ1n) is 7.72. The third-order valence-corrected chi connectivity index (χ3v) is 5.44. The van der Waals surface area contributed by atoms with Crippen molar-refractivity contribution in [2.75, 3.05) is 12.3 Å². The first kappa shape index (κ1) is 14.0. The van der Waals surface area contributed by atoms with E-state index in [4.69, 9.17) is 5.73 Å². The molecule has 2 aliphatic heterocycles. The van der Waals surface area contributed by atoms with Gasteiger partial charge in [0.2, 0.25) is 5.91 Å². The molecule has 0 aliphatic carbocycles. The highest BCUT2D eigenvalue weighted by Gasteiger charge is 2.36. The molecule has 116 valence electrons. The van der Waals surface area contributed by atoms with Crippen molar-refractivity contribution in [3.63, 3.8) is 0 Å². The van der Waals surface area contributed by atoms with Crippen LogP contribution in [-0.4, -0.2) is 37.8 Å². The zero-order valence-corrected chi connectivity index (χ0v) is 13.8. The van der Waals surface area contributed by atoms with Crippen LogP contribution in [0.1, 0.15) is 43.8 Å². The summed E-state index contributed by atoms with van der Waals surface area (Å²) < 4.78 is 2.73. The topological polar surface area (TPSA) is 76.5 Å². The Labute approximate surface area is 136 Å². The van der Waals surface area contributed by atoms with Gasteiger partial charge in [-0.3, -0.25) is 9.20 Å². The van der Waals surface area contributed by atoms with E-state index >= 15 is 0 Å². The SMILES string of the molecule is Nc1nccn2c([C@@H]3CC[C@@H]4CCCC(=O)N4C3)nc(Br)c12. The molecular formula is C15H18BrN5O. The van der Waals surface area contributed by atoms with Gasteiger partial charge in [-0.05, 0) is 41.6 Å². The van der Waals surface area contributed by atoms with Crippen molar-refractivity contribution < 1.29 is 4.79 Å². The van der Waals surface area contributed by atoms with Gasteiger partial charge in [0.25, 0.3) is 0 Å². The first-order chi connectivity index (χ1) is 10.6. The van der Waals surface area contributed by atoms with E-state index in [1.54, 1.807) is 6.20 Å². The molecule has 0 aromatic carbocycles. The lowest BCUT2D eigenvalue weighted by Gasteiger charge is -2.42. The summed E-state index contributed by atoms with van der Waals surface area (Å²) in [6.45, 7) is 0.761. The van der Waals surface area contributed by atoms with Crippen LogP contribution >= 0.6 is 15.9 Å². The van der Waals surface area contributed by atoms with Crippen LogP contribution in [0.2, 0.25) is 0 Å².